The summed E-state index contributed by atoms with van der Waals surface area (Å²) in [5.41, 5.74) is 3.22. The smallest absolute Gasteiger partial charge is 0.120 e. The second kappa shape index (κ2) is 6.22. The third kappa shape index (κ3) is 3.58. The molecule has 2 aromatic carbocycles. The van der Waals surface area contributed by atoms with E-state index in [2.05, 4.69) is 35.0 Å². The van der Waals surface area contributed by atoms with E-state index in [1.807, 2.05) is 30.3 Å². The summed E-state index contributed by atoms with van der Waals surface area (Å²) in [5.74, 6) is 0.776. The zero-order valence-electron chi connectivity index (χ0n) is 11.1. The molecular formula is C16H17BrO2. The highest BCUT2D eigenvalue weighted by molar-refractivity contribution is 9.10. The van der Waals surface area contributed by atoms with Gasteiger partial charge in [-0.3, -0.25) is 0 Å². The summed E-state index contributed by atoms with van der Waals surface area (Å²) in [7, 11) is 1.63. The first-order valence-corrected chi connectivity index (χ1v) is 6.96. The number of aryl methyl sites for hydroxylation is 1. The van der Waals surface area contributed by atoms with E-state index < -0.39 is 6.10 Å². The maximum atomic E-state index is 10.3. The van der Waals surface area contributed by atoms with E-state index in [0.29, 0.717) is 6.42 Å². The van der Waals surface area contributed by atoms with Crippen molar-refractivity contribution >= 4 is 15.9 Å². The van der Waals surface area contributed by atoms with Gasteiger partial charge in [-0.15, -0.1) is 0 Å². The molecule has 0 fully saturated rings. The van der Waals surface area contributed by atoms with Crippen LogP contribution in [-0.4, -0.2) is 12.2 Å². The molecule has 19 heavy (non-hydrogen) atoms. The predicted octanol–water partition coefficient (Wildman–Crippen LogP) is 4.04. The first-order valence-electron chi connectivity index (χ1n) is 6.17. The Morgan fingerprint density at radius 3 is 2.63 bits per heavy atom. The number of benzene rings is 2. The van der Waals surface area contributed by atoms with Crippen molar-refractivity contribution in [3.8, 4) is 5.75 Å². The highest BCUT2D eigenvalue weighted by Crippen LogP contribution is 2.29. The Labute approximate surface area is 122 Å². The molecule has 1 atom stereocenters. The van der Waals surface area contributed by atoms with Crippen LogP contribution in [0.25, 0.3) is 0 Å². The Hall–Kier alpha value is -1.32. The molecule has 0 aliphatic rings. The number of aliphatic hydroxyl groups excluding tert-OH is 1. The average Bonchev–Trinajstić information content (AvgIpc) is 2.38. The number of hydrogen-bond acceptors (Lipinski definition) is 2. The maximum absolute atomic E-state index is 10.3. The largest absolute Gasteiger partial charge is 0.497 e. The molecule has 0 heterocycles. The molecule has 0 saturated heterocycles. The molecule has 2 rings (SSSR count). The van der Waals surface area contributed by atoms with Gasteiger partial charge in [0.2, 0.25) is 0 Å². The molecule has 100 valence electrons. The Kier molecular flexibility index (Phi) is 4.61. The van der Waals surface area contributed by atoms with E-state index in [0.717, 1.165) is 21.3 Å². The minimum atomic E-state index is -0.526. The minimum absolute atomic E-state index is 0.526. The van der Waals surface area contributed by atoms with Gasteiger partial charge in [0, 0.05) is 10.9 Å². The SMILES string of the molecule is COc1ccc(C(O)Cc2cccc(C)c2)c(Br)c1. The molecule has 0 aromatic heterocycles. The lowest BCUT2D eigenvalue weighted by Crippen LogP contribution is -2.03. The number of halogens is 1. The standard InChI is InChI=1S/C16H17BrO2/c1-11-4-3-5-12(8-11)9-16(18)14-7-6-13(19-2)10-15(14)17/h3-8,10,16,18H,9H2,1-2H3. The lowest BCUT2D eigenvalue weighted by molar-refractivity contribution is 0.177. The normalized spacial score (nSPS) is 12.2. The maximum Gasteiger partial charge on any atom is 0.120 e. The Morgan fingerprint density at radius 2 is 2.00 bits per heavy atom. The summed E-state index contributed by atoms with van der Waals surface area (Å²) < 4.78 is 6.02. The van der Waals surface area contributed by atoms with Gasteiger partial charge in [-0.25, -0.2) is 0 Å². The lowest BCUT2D eigenvalue weighted by Gasteiger charge is -2.14. The van der Waals surface area contributed by atoms with Gasteiger partial charge >= 0.3 is 0 Å². The van der Waals surface area contributed by atoms with Crippen molar-refractivity contribution in [3.63, 3.8) is 0 Å². The zero-order valence-corrected chi connectivity index (χ0v) is 12.6. The fourth-order valence-corrected chi connectivity index (χ4v) is 2.70. The van der Waals surface area contributed by atoms with Crippen LogP contribution in [0.4, 0.5) is 0 Å². The van der Waals surface area contributed by atoms with E-state index in [1.165, 1.54) is 5.56 Å². The molecule has 1 unspecified atom stereocenters. The van der Waals surface area contributed by atoms with Gasteiger partial charge in [-0.2, -0.15) is 0 Å². The van der Waals surface area contributed by atoms with E-state index in [4.69, 9.17) is 4.74 Å². The predicted molar refractivity (Wildman–Crippen MR) is 80.5 cm³/mol. The molecule has 2 aromatic rings. The Balaban J connectivity index is 2.18. The molecule has 0 bridgehead atoms. The Bertz CT molecular complexity index is 566. The van der Waals surface area contributed by atoms with Crippen LogP contribution in [0.15, 0.2) is 46.9 Å². The van der Waals surface area contributed by atoms with E-state index in [1.54, 1.807) is 7.11 Å². The molecule has 0 aliphatic carbocycles. The van der Waals surface area contributed by atoms with Crippen molar-refractivity contribution in [2.24, 2.45) is 0 Å². The monoisotopic (exact) mass is 320 g/mol. The van der Waals surface area contributed by atoms with Gasteiger partial charge in [0.1, 0.15) is 5.75 Å². The average molecular weight is 321 g/mol. The fraction of sp³-hybridized carbons (Fsp3) is 0.250. The van der Waals surface area contributed by atoms with Crippen LogP contribution in [0.5, 0.6) is 5.75 Å². The highest BCUT2D eigenvalue weighted by atomic mass is 79.9. The highest BCUT2D eigenvalue weighted by Gasteiger charge is 2.12. The van der Waals surface area contributed by atoms with E-state index in [9.17, 15) is 5.11 Å². The fourth-order valence-electron chi connectivity index (χ4n) is 2.08. The first kappa shape index (κ1) is 14.1. The van der Waals surface area contributed by atoms with Gasteiger partial charge in [-0.1, -0.05) is 51.8 Å². The first-order chi connectivity index (χ1) is 9.10. The van der Waals surface area contributed by atoms with E-state index >= 15 is 0 Å². The van der Waals surface area contributed by atoms with Gasteiger partial charge in [0.05, 0.1) is 13.2 Å². The number of hydrogen-bond donors (Lipinski definition) is 1. The molecule has 0 spiro atoms. The van der Waals surface area contributed by atoms with Crippen LogP contribution in [0.2, 0.25) is 0 Å². The third-order valence-corrected chi connectivity index (χ3v) is 3.76. The molecule has 3 heteroatoms. The van der Waals surface area contributed by atoms with Crippen molar-refractivity contribution in [2.75, 3.05) is 7.11 Å². The molecule has 2 nitrogen and oxygen atoms in total. The summed E-state index contributed by atoms with van der Waals surface area (Å²) in [6.07, 6.45) is 0.0779. The number of aliphatic hydroxyl groups is 1. The molecule has 0 aliphatic heterocycles. The topological polar surface area (TPSA) is 29.5 Å². The van der Waals surface area contributed by atoms with Crippen LogP contribution in [-0.2, 0) is 6.42 Å². The van der Waals surface area contributed by atoms with Crippen molar-refractivity contribution in [1.82, 2.24) is 0 Å². The quantitative estimate of drug-likeness (QED) is 0.921. The summed E-state index contributed by atoms with van der Waals surface area (Å²) in [5, 5.41) is 10.3. The van der Waals surface area contributed by atoms with Crippen molar-refractivity contribution in [2.45, 2.75) is 19.4 Å². The number of rotatable bonds is 4. The van der Waals surface area contributed by atoms with Gasteiger partial charge in [0.25, 0.3) is 0 Å². The molecule has 0 amide bonds. The lowest BCUT2D eigenvalue weighted by atomic mass is 10.0. The van der Waals surface area contributed by atoms with Gasteiger partial charge in [0.15, 0.2) is 0 Å². The van der Waals surface area contributed by atoms with Gasteiger partial charge in [-0.05, 0) is 30.2 Å². The van der Waals surface area contributed by atoms with Crippen molar-refractivity contribution in [3.05, 3.63) is 63.6 Å². The van der Waals surface area contributed by atoms with Crippen LogP contribution >= 0.6 is 15.9 Å². The van der Waals surface area contributed by atoms with Crippen LogP contribution in [0, 0.1) is 6.92 Å². The zero-order chi connectivity index (χ0) is 13.8. The van der Waals surface area contributed by atoms with Crippen LogP contribution in [0.1, 0.15) is 22.8 Å². The van der Waals surface area contributed by atoms with Crippen LogP contribution in [0.3, 0.4) is 0 Å². The second-order valence-corrected chi connectivity index (χ2v) is 5.45. The van der Waals surface area contributed by atoms with Crippen LogP contribution < -0.4 is 4.74 Å². The van der Waals surface area contributed by atoms with Crippen molar-refractivity contribution in [1.29, 1.82) is 0 Å². The molecule has 1 N–H and O–H groups in total. The Morgan fingerprint density at radius 1 is 1.21 bits per heavy atom. The summed E-state index contributed by atoms with van der Waals surface area (Å²) in [4.78, 5) is 0. The van der Waals surface area contributed by atoms with Gasteiger partial charge < -0.3 is 9.84 Å². The third-order valence-electron chi connectivity index (χ3n) is 3.08. The molecule has 0 radical (unpaired) electrons. The number of ether oxygens (including phenoxy) is 1. The number of methoxy groups -OCH3 is 1. The minimum Gasteiger partial charge on any atom is -0.497 e. The summed E-state index contributed by atoms with van der Waals surface area (Å²) >= 11 is 3.48. The second-order valence-electron chi connectivity index (χ2n) is 4.60. The summed E-state index contributed by atoms with van der Waals surface area (Å²) in [6.45, 7) is 2.05. The van der Waals surface area contributed by atoms with Crippen molar-refractivity contribution < 1.29 is 9.84 Å². The molecular weight excluding hydrogens is 304 g/mol. The molecule has 0 saturated carbocycles. The summed E-state index contributed by atoms with van der Waals surface area (Å²) in [6, 6.07) is 13.8. The van der Waals surface area contributed by atoms with E-state index in [-0.39, 0.29) is 0 Å².